The number of likely N-dealkylation sites (N-methyl/N-ethyl adjacent to an activating group) is 1. The van der Waals surface area contributed by atoms with E-state index in [2.05, 4.69) is 21.5 Å². The Morgan fingerprint density at radius 3 is 2.84 bits per heavy atom. The Labute approximate surface area is 116 Å². The van der Waals surface area contributed by atoms with Crippen LogP contribution in [0.15, 0.2) is 9.00 Å². The molecule has 0 aromatic carbocycles. The van der Waals surface area contributed by atoms with E-state index in [4.69, 9.17) is 0 Å². The molecular weight excluding hydrogens is 286 g/mol. The Balaban J connectivity index is 2.06. The maximum Gasteiger partial charge on any atom is 0.305 e. The van der Waals surface area contributed by atoms with Gasteiger partial charge in [-0.05, 0) is 32.9 Å². The lowest BCUT2D eigenvalue weighted by molar-refractivity contribution is 0.268. The van der Waals surface area contributed by atoms with E-state index in [1.165, 1.54) is 0 Å². The van der Waals surface area contributed by atoms with E-state index < -0.39 is 10.0 Å². The number of nitrogens with zero attached hydrogens (tertiary/aromatic N) is 1. The highest BCUT2D eigenvalue weighted by Crippen LogP contribution is 2.18. The first-order valence-corrected chi connectivity index (χ1v) is 8.67. The summed E-state index contributed by atoms with van der Waals surface area (Å²) in [5.41, 5.74) is 0.404. The summed E-state index contributed by atoms with van der Waals surface area (Å²) in [4.78, 5) is 15.6. The van der Waals surface area contributed by atoms with Crippen molar-refractivity contribution in [3.63, 3.8) is 0 Å². The molecule has 6 nitrogen and oxygen atoms in total. The molecule has 0 bridgehead atoms. The van der Waals surface area contributed by atoms with Crippen LogP contribution in [0.2, 0.25) is 0 Å². The van der Waals surface area contributed by atoms with E-state index in [9.17, 15) is 13.2 Å². The molecular formula is C11H19N3O3S2. The van der Waals surface area contributed by atoms with Gasteiger partial charge in [-0.2, -0.15) is 0 Å². The molecule has 2 rings (SSSR count). The molecule has 108 valence electrons. The van der Waals surface area contributed by atoms with Gasteiger partial charge in [0.05, 0.1) is 0 Å². The third kappa shape index (κ3) is 3.25. The van der Waals surface area contributed by atoms with E-state index in [0.29, 0.717) is 12.2 Å². The highest BCUT2D eigenvalue weighted by atomic mass is 32.2. The van der Waals surface area contributed by atoms with Crippen molar-refractivity contribution in [1.29, 1.82) is 0 Å². The normalized spacial score (nSPS) is 21.1. The van der Waals surface area contributed by atoms with E-state index >= 15 is 0 Å². The van der Waals surface area contributed by atoms with Crippen LogP contribution in [0.3, 0.4) is 0 Å². The van der Waals surface area contributed by atoms with Crippen molar-refractivity contribution in [3.8, 4) is 0 Å². The molecule has 1 aromatic rings. The number of sulfonamides is 1. The van der Waals surface area contributed by atoms with Crippen LogP contribution in [0, 0.1) is 6.92 Å². The SMILES string of the molecule is CCN1CCCC1CNS(=O)(=O)c1sc(=O)[nH]c1C. The number of nitrogens with one attached hydrogen (secondary N) is 2. The molecule has 2 heterocycles. The maximum atomic E-state index is 12.1. The Kier molecular flexibility index (Phi) is 4.44. The van der Waals surface area contributed by atoms with Crippen LogP contribution in [-0.4, -0.2) is 44.0 Å². The van der Waals surface area contributed by atoms with Gasteiger partial charge in [-0.1, -0.05) is 18.3 Å². The summed E-state index contributed by atoms with van der Waals surface area (Å²) in [6.07, 6.45) is 2.12. The molecule has 1 saturated heterocycles. The molecule has 1 fully saturated rings. The minimum atomic E-state index is -3.58. The van der Waals surface area contributed by atoms with Crippen LogP contribution in [0.1, 0.15) is 25.5 Å². The van der Waals surface area contributed by atoms with E-state index in [-0.39, 0.29) is 15.1 Å². The van der Waals surface area contributed by atoms with Crippen molar-refractivity contribution < 1.29 is 8.42 Å². The lowest BCUT2D eigenvalue weighted by Crippen LogP contribution is -2.39. The number of hydrogen-bond acceptors (Lipinski definition) is 5. The predicted octanol–water partition coefficient (Wildman–Crippen LogP) is 0.507. The lowest BCUT2D eigenvalue weighted by atomic mass is 10.2. The molecule has 8 heteroatoms. The predicted molar refractivity (Wildman–Crippen MR) is 75.1 cm³/mol. The second kappa shape index (κ2) is 5.74. The minimum Gasteiger partial charge on any atom is -0.315 e. The molecule has 0 saturated carbocycles. The van der Waals surface area contributed by atoms with Gasteiger partial charge < -0.3 is 4.98 Å². The summed E-state index contributed by atoms with van der Waals surface area (Å²) in [6.45, 7) is 6.04. The Morgan fingerprint density at radius 2 is 2.26 bits per heavy atom. The van der Waals surface area contributed by atoms with Crippen LogP contribution in [0.5, 0.6) is 0 Å². The summed E-state index contributed by atoms with van der Waals surface area (Å²) in [6, 6.07) is 0.260. The first kappa shape index (κ1) is 14.7. The van der Waals surface area contributed by atoms with Gasteiger partial charge >= 0.3 is 4.87 Å². The van der Waals surface area contributed by atoms with E-state index in [1.807, 2.05) is 0 Å². The number of aryl methyl sites for hydroxylation is 1. The number of likely N-dealkylation sites (tertiary alicyclic amines) is 1. The molecule has 1 aromatic heterocycles. The molecule has 19 heavy (non-hydrogen) atoms. The highest BCUT2D eigenvalue weighted by Gasteiger charge is 2.26. The van der Waals surface area contributed by atoms with Crippen molar-refractivity contribution in [2.75, 3.05) is 19.6 Å². The van der Waals surface area contributed by atoms with Crippen LogP contribution in [-0.2, 0) is 10.0 Å². The molecule has 1 atom stereocenters. The zero-order valence-electron chi connectivity index (χ0n) is 11.1. The van der Waals surface area contributed by atoms with Crippen molar-refractivity contribution in [2.45, 2.75) is 36.9 Å². The number of aromatic nitrogens is 1. The maximum absolute atomic E-state index is 12.1. The molecule has 0 aliphatic carbocycles. The number of H-pyrrole nitrogens is 1. The third-order valence-corrected chi connectivity index (χ3v) is 6.47. The molecule has 1 aliphatic heterocycles. The monoisotopic (exact) mass is 305 g/mol. The zero-order valence-corrected chi connectivity index (χ0v) is 12.7. The summed E-state index contributed by atoms with van der Waals surface area (Å²) >= 11 is 0.735. The average Bonchev–Trinajstić information content (AvgIpc) is 2.93. The van der Waals surface area contributed by atoms with Crippen molar-refractivity contribution in [1.82, 2.24) is 14.6 Å². The molecule has 0 radical (unpaired) electrons. The van der Waals surface area contributed by atoms with Crippen molar-refractivity contribution >= 4 is 21.4 Å². The van der Waals surface area contributed by atoms with Gasteiger partial charge in [0.1, 0.15) is 0 Å². The van der Waals surface area contributed by atoms with E-state index in [1.54, 1.807) is 6.92 Å². The number of aromatic amines is 1. The Hall–Kier alpha value is -0.700. The summed E-state index contributed by atoms with van der Waals surface area (Å²) in [5, 5.41) is 0. The minimum absolute atomic E-state index is 0.0959. The number of hydrogen-bond donors (Lipinski definition) is 2. The van der Waals surface area contributed by atoms with Gasteiger partial charge in [0.25, 0.3) is 10.0 Å². The zero-order chi connectivity index (χ0) is 14.0. The highest BCUT2D eigenvalue weighted by molar-refractivity contribution is 7.91. The summed E-state index contributed by atoms with van der Waals surface area (Å²) < 4.78 is 27.0. The summed E-state index contributed by atoms with van der Waals surface area (Å²) in [7, 11) is -3.58. The number of thiazole rings is 1. The fourth-order valence-electron chi connectivity index (χ4n) is 2.46. The van der Waals surface area contributed by atoms with Crippen LogP contribution in [0.25, 0.3) is 0 Å². The molecule has 0 amide bonds. The first-order chi connectivity index (χ1) is 8.94. The smallest absolute Gasteiger partial charge is 0.305 e. The molecule has 1 aliphatic rings. The standard InChI is InChI=1S/C11H19N3O3S2/c1-3-14-6-4-5-9(14)7-12-19(16,17)10-8(2)13-11(15)18-10/h9,12H,3-7H2,1-2H3,(H,13,15). The van der Waals surface area contributed by atoms with Crippen LogP contribution < -0.4 is 9.60 Å². The van der Waals surface area contributed by atoms with Gasteiger partial charge in [0.2, 0.25) is 0 Å². The topological polar surface area (TPSA) is 82.3 Å². The Bertz CT molecular complexity index is 591. The average molecular weight is 305 g/mol. The summed E-state index contributed by atoms with van der Waals surface area (Å²) in [5.74, 6) is 0. The van der Waals surface area contributed by atoms with E-state index in [0.717, 1.165) is 37.3 Å². The number of rotatable bonds is 5. The van der Waals surface area contributed by atoms with Gasteiger partial charge in [-0.25, -0.2) is 13.1 Å². The third-order valence-electron chi connectivity index (χ3n) is 3.44. The lowest BCUT2D eigenvalue weighted by Gasteiger charge is -2.22. The van der Waals surface area contributed by atoms with Crippen LogP contribution in [0.4, 0.5) is 0 Å². The molecule has 2 N–H and O–H groups in total. The molecule has 1 unspecified atom stereocenters. The van der Waals surface area contributed by atoms with Gasteiger partial charge in [0, 0.05) is 18.3 Å². The van der Waals surface area contributed by atoms with Gasteiger partial charge in [0.15, 0.2) is 4.21 Å². The van der Waals surface area contributed by atoms with Crippen molar-refractivity contribution in [2.24, 2.45) is 0 Å². The van der Waals surface area contributed by atoms with Crippen LogP contribution >= 0.6 is 11.3 Å². The largest absolute Gasteiger partial charge is 0.315 e. The Morgan fingerprint density at radius 1 is 1.53 bits per heavy atom. The second-order valence-electron chi connectivity index (χ2n) is 4.70. The van der Waals surface area contributed by atoms with Gasteiger partial charge in [-0.15, -0.1) is 0 Å². The van der Waals surface area contributed by atoms with Crippen molar-refractivity contribution in [3.05, 3.63) is 15.4 Å². The quantitative estimate of drug-likeness (QED) is 0.830. The first-order valence-electron chi connectivity index (χ1n) is 6.37. The second-order valence-corrected chi connectivity index (χ2v) is 7.65. The molecule has 0 spiro atoms. The fourth-order valence-corrected chi connectivity index (χ4v) is 4.88. The fraction of sp³-hybridized carbons (Fsp3) is 0.727. The van der Waals surface area contributed by atoms with Gasteiger partial charge in [-0.3, -0.25) is 9.69 Å².